The summed E-state index contributed by atoms with van der Waals surface area (Å²) in [6.07, 6.45) is 3.09. The summed E-state index contributed by atoms with van der Waals surface area (Å²) in [5.74, 6) is -0.372. The van der Waals surface area contributed by atoms with Crippen molar-refractivity contribution >= 4 is 67.7 Å². The molecule has 9 heteroatoms. The minimum atomic E-state index is -0.883. The third-order valence-electron chi connectivity index (χ3n) is 5.77. The van der Waals surface area contributed by atoms with Crippen molar-refractivity contribution in [3.8, 4) is 0 Å². The van der Waals surface area contributed by atoms with E-state index in [2.05, 4.69) is 31.5 Å². The standard InChI is InChI=1S/C22H24BrN3O3S2/c1-14-12-15(4-5-16(14)26-10-11-29-13-19(26)30)24-21(28)22(8-2-3-9-22)25-20(27)17-6-7-18(23)31-17/h4-7,12H,2-3,8-11,13H2,1H3,(H,24,28)(H,25,27). The number of anilines is 2. The molecule has 2 fully saturated rings. The number of halogens is 1. The highest BCUT2D eigenvalue weighted by molar-refractivity contribution is 9.11. The molecule has 4 rings (SSSR count). The number of nitrogens with one attached hydrogen (secondary N) is 2. The number of rotatable bonds is 5. The zero-order valence-corrected chi connectivity index (χ0v) is 20.4. The van der Waals surface area contributed by atoms with Gasteiger partial charge in [0.25, 0.3) is 5.91 Å². The molecule has 2 heterocycles. The van der Waals surface area contributed by atoms with Gasteiger partial charge in [0.2, 0.25) is 5.91 Å². The molecule has 0 atom stereocenters. The molecule has 2 amide bonds. The van der Waals surface area contributed by atoms with Gasteiger partial charge >= 0.3 is 0 Å². The number of thiophene rings is 1. The van der Waals surface area contributed by atoms with Crippen LogP contribution in [0.3, 0.4) is 0 Å². The van der Waals surface area contributed by atoms with Crippen LogP contribution in [0.25, 0.3) is 0 Å². The normalized spacial score (nSPS) is 18.1. The van der Waals surface area contributed by atoms with E-state index in [1.165, 1.54) is 11.3 Å². The summed E-state index contributed by atoms with van der Waals surface area (Å²) in [7, 11) is 0. The monoisotopic (exact) mass is 521 g/mol. The molecule has 0 radical (unpaired) electrons. The Balaban J connectivity index is 1.49. The van der Waals surface area contributed by atoms with Crippen molar-refractivity contribution in [1.82, 2.24) is 5.32 Å². The number of carbonyl (C=O) groups excluding carboxylic acids is 2. The lowest BCUT2D eigenvalue weighted by atomic mass is 9.95. The predicted molar refractivity (Wildman–Crippen MR) is 131 cm³/mol. The first kappa shape index (κ1) is 22.4. The third kappa shape index (κ3) is 4.84. The van der Waals surface area contributed by atoms with Crippen LogP contribution in [0.2, 0.25) is 0 Å². The first-order valence-electron chi connectivity index (χ1n) is 10.3. The fourth-order valence-electron chi connectivity index (χ4n) is 4.16. The zero-order chi connectivity index (χ0) is 22.0. The molecular weight excluding hydrogens is 498 g/mol. The quantitative estimate of drug-likeness (QED) is 0.559. The topological polar surface area (TPSA) is 70.7 Å². The van der Waals surface area contributed by atoms with E-state index in [9.17, 15) is 9.59 Å². The van der Waals surface area contributed by atoms with E-state index in [-0.39, 0.29) is 11.8 Å². The molecule has 0 spiro atoms. The molecule has 1 saturated carbocycles. The number of nitrogens with zero attached hydrogens (tertiary/aromatic N) is 1. The minimum absolute atomic E-state index is 0.164. The number of thiocarbonyl (C=S) groups is 1. The smallest absolute Gasteiger partial charge is 0.262 e. The molecule has 1 aromatic heterocycles. The first-order chi connectivity index (χ1) is 14.9. The number of amides is 2. The first-order valence-corrected chi connectivity index (χ1v) is 12.3. The fourth-order valence-corrected chi connectivity index (χ4v) is 5.72. The second-order valence-corrected chi connectivity index (χ2v) is 10.8. The molecule has 0 bridgehead atoms. The van der Waals surface area contributed by atoms with Gasteiger partial charge in [0.1, 0.15) is 10.5 Å². The van der Waals surface area contributed by atoms with Gasteiger partial charge < -0.3 is 20.3 Å². The molecule has 1 aliphatic heterocycles. The van der Waals surface area contributed by atoms with Gasteiger partial charge in [-0.2, -0.15) is 0 Å². The van der Waals surface area contributed by atoms with Gasteiger partial charge in [-0.1, -0.05) is 25.1 Å². The van der Waals surface area contributed by atoms with Gasteiger partial charge in [0, 0.05) is 17.9 Å². The van der Waals surface area contributed by atoms with Crippen LogP contribution in [0.4, 0.5) is 11.4 Å². The average molecular weight is 522 g/mol. The van der Waals surface area contributed by atoms with E-state index in [1.807, 2.05) is 31.2 Å². The van der Waals surface area contributed by atoms with Crippen molar-refractivity contribution in [2.24, 2.45) is 0 Å². The van der Waals surface area contributed by atoms with Crippen LogP contribution in [0, 0.1) is 6.92 Å². The van der Waals surface area contributed by atoms with Gasteiger partial charge in [0.05, 0.1) is 21.9 Å². The maximum Gasteiger partial charge on any atom is 0.262 e. The van der Waals surface area contributed by atoms with E-state index in [1.54, 1.807) is 6.07 Å². The molecule has 31 heavy (non-hydrogen) atoms. The molecule has 1 saturated heterocycles. The van der Waals surface area contributed by atoms with Crippen LogP contribution in [0.1, 0.15) is 40.9 Å². The summed E-state index contributed by atoms with van der Waals surface area (Å²) in [6, 6.07) is 9.42. The number of hydrogen-bond acceptors (Lipinski definition) is 5. The van der Waals surface area contributed by atoms with E-state index in [0.717, 1.165) is 39.4 Å². The fraction of sp³-hybridized carbons (Fsp3) is 0.409. The van der Waals surface area contributed by atoms with Crippen LogP contribution in [-0.2, 0) is 9.53 Å². The van der Waals surface area contributed by atoms with Crippen molar-refractivity contribution in [2.75, 3.05) is 30.0 Å². The van der Waals surface area contributed by atoms with Crippen LogP contribution in [0.5, 0.6) is 0 Å². The average Bonchev–Trinajstić information content (AvgIpc) is 3.39. The minimum Gasteiger partial charge on any atom is -0.372 e. The highest BCUT2D eigenvalue weighted by atomic mass is 79.9. The predicted octanol–water partition coefficient (Wildman–Crippen LogP) is 4.66. The molecule has 1 aliphatic carbocycles. The van der Waals surface area contributed by atoms with Crippen molar-refractivity contribution in [3.05, 3.63) is 44.6 Å². The van der Waals surface area contributed by atoms with E-state index < -0.39 is 5.54 Å². The number of aryl methyl sites for hydroxylation is 1. The largest absolute Gasteiger partial charge is 0.372 e. The zero-order valence-electron chi connectivity index (χ0n) is 17.2. The summed E-state index contributed by atoms with van der Waals surface area (Å²) in [6.45, 7) is 3.82. The van der Waals surface area contributed by atoms with E-state index in [4.69, 9.17) is 17.0 Å². The summed E-state index contributed by atoms with van der Waals surface area (Å²) < 4.78 is 6.29. The van der Waals surface area contributed by atoms with Crippen molar-refractivity contribution < 1.29 is 14.3 Å². The molecule has 0 unspecified atom stereocenters. The Morgan fingerprint density at radius 2 is 2.00 bits per heavy atom. The van der Waals surface area contributed by atoms with E-state index in [0.29, 0.717) is 36.6 Å². The Kier molecular flexibility index (Phi) is 6.76. The van der Waals surface area contributed by atoms with Gasteiger partial charge in [-0.05, 0) is 71.6 Å². The van der Waals surface area contributed by atoms with E-state index >= 15 is 0 Å². The second kappa shape index (κ2) is 9.36. The lowest BCUT2D eigenvalue weighted by molar-refractivity contribution is -0.122. The van der Waals surface area contributed by atoms with Crippen LogP contribution in [0.15, 0.2) is 34.1 Å². The number of carbonyl (C=O) groups is 2. The maximum atomic E-state index is 13.3. The summed E-state index contributed by atoms with van der Waals surface area (Å²) in [5, 5.41) is 6.06. The third-order valence-corrected chi connectivity index (χ3v) is 7.73. The van der Waals surface area contributed by atoms with Crippen molar-refractivity contribution in [2.45, 2.75) is 38.1 Å². The lowest BCUT2D eigenvalue weighted by Crippen LogP contribution is -2.54. The molecule has 2 aliphatic rings. The Labute approximate surface area is 199 Å². The molecule has 164 valence electrons. The Morgan fingerprint density at radius 3 is 2.65 bits per heavy atom. The van der Waals surface area contributed by atoms with Gasteiger partial charge in [0.15, 0.2) is 0 Å². The number of morpholine rings is 1. The molecule has 2 aromatic rings. The maximum absolute atomic E-state index is 13.3. The molecular formula is C22H24BrN3O3S2. The molecule has 6 nitrogen and oxygen atoms in total. The SMILES string of the molecule is Cc1cc(NC(=O)C2(NC(=O)c3ccc(Br)s3)CCCC2)ccc1N1CCOCC1=S. The lowest BCUT2D eigenvalue weighted by Gasteiger charge is -2.31. The van der Waals surface area contributed by atoms with Gasteiger partial charge in [-0.25, -0.2) is 0 Å². The molecule has 1 aromatic carbocycles. The van der Waals surface area contributed by atoms with Crippen molar-refractivity contribution in [3.63, 3.8) is 0 Å². The Morgan fingerprint density at radius 1 is 1.23 bits per heavy atom. The number of ether oxygens (including phenoxy) is 1. The highest BCUT2D eigenvalue weighted by Gasteiger charge is 2.42. The van der Waals surface area contributed by atoms with Gasteiger partial charge in [-0.3, -0.25) is 9.59 Å². The second-order valence-electron chi connectivity index (χ2n) is 7.90. The van der Waals surface area contributed by atoms with Crippen LogP contribution >= 0.6 is 39.5 Å². The van der Waals surface area contributed by atoms with Crippen LogP contribution in [-0.4, -0.2) is 42.1 Å². The summed E-state index contributed by atoms with van der Waals surface area (Å²) >= 11 is 10.2. The van der Waals surface area contributed by atoms with Crippen LogP contribution < -0.4 is 15.5 Å². The number of benzene rings is 1. The van der Waals surface area contributed by atoms with Gasteiger partial charge in [-0.15, -0.1) is 11.3 Å². The number of hydrogen-bond donors (Lipinski definition) is 2. The Hall–Kier alpha value is -1.81. The summed E-state index contributed by atoms with van der Waals surface area (Å²) in [4.78, 5) is 29.5. The summed E-state index contributed by atoms with van der Waals surface area (Å²) in [5.41, 5.74) is 1.88. The Bertz CT molecular complexity index is 1020. The highest BCUT2D eigenvalue weighted by Crippen LogP contribution is 2.33. The molecule has 2 N–H and O–H groups in total. The van der Waals surface area contributed by atoms with Crippen molar-refractivity contribution in [1.29, 1.82) is 0 Å².